The number of benzene rings is 1. The van der Waals surface area contributed by atoms with Crippen LogP contribution in [0.2, 0.25) is 0 Å². The largest absolute Gasteiger partial charge is 0.306 e. The van der Waals surface area contributed by atoms with Crippen molar-refractivity contribution in [3.63, 3.8) is 0 Å². The van der Waals surface area contributed by atoms with E-state index in [2.05, 4.69) is 12.6 Å². The van der Waals surface area contributed by atoms with Crippen LogP contribution in [0.15, 0.2) is 29.2 Å². The average molecular weight is 206 g/mol. The summed E-state index contributed by atoms with van der Waals surface area (Å²) in [5, 5.41) is 0. The highest BCUT2D eigenvalue weighted by molar-refractivity contribution is 7.85. The zero-order valence-corrected chi connectivity index (χ0v) is 7.78. The molecule has 0 atom stereocenters. The monoisotopic (exact) mass is 206 g/mol. The second kappa shape index (κ2) is 3.45. The molecule has 1 rings (SSSR count). The van der Waals surface area contributed by atoms with Crippen LogP contribution < -0.4 is 0 Å². The molecular weight excluding hydrogens is 199 g/mol. The topological polar surface area (TPSA) is 34.1 Å². The van der Waals surface area contributed by atoms with Crippen LogP contribution in [0, 0.1) is 0 Å². The van der Waals surface area contributed by atoms with E-state index < -0.39 is 16.0 Å². The van der Waals surface area contributed by atoms with Crippen molar-refractivity contribution in [3.8, 4) is 0 Å². The van der Waals surface area contributed by atoms with Gasteiger partial charge >= 0.3 is 10.2 Å². The van der Waals surface area contributed by atoms with Gasteiger partial charge < -0.3 is 0 Å². The Morgan fingerprint density at radius 3 is 2.58 bits per heavy atom. The van der Waals surface area contributed by atoms with E-state index in [9.17, 15) is 12.3 Å². The number of thiol groups is 1. The summed E-state index contributed by atoms with van der Waals surface area (Å²) in [5.41, 5.74) is 0.407. The maximum Gasteiger partial charge on any atom is 0.306 e. The number of hydrogen-bond donors (Lipinski definition) is 1. The zero-order chi connectivity index (χ0) is 9.19. The Bertz CT molecular complexity index is 373. The van der Waals surface area contributed by atoms with Crippen LogP contribution in [-0.4, -0.2) is 8.42 Å². The number of halogens is 1. The van der Waals surface area contributed by atoms with Crippen molar-refractivity contribution in [2.45, 2.75) is 10.6 Å². The standard InChI is InChI=1S/C7H7FO2S2/c8-12(9,10)5-6-2-1-3-7(11)4-6/h1-4,11H,5H2. The first-order valence-corrected chi connectivity index (χ1v) is 5.17. The van der Waals surface area contributed by atoms with E-state index in [4.69, 9.17) is 0 Å². The van der Waals surface area contributed by atoms with Crippen LogP contribution in [0.5, 0.6) is 0 Å². The molecule has 0 unspecified atom stereocenters. The van der Waals surface area contributed by atoms with E-state index in [1.165, 1.54) is 12.1 Å². The molecule has 0 aliphatic carbocycles. The lowest BCUT2D eigenvalue weighted by Crippen LogP contribution is -1.95. The van der Waals surface area contributed by atoms with E-state index in [0.29, 0.717) is 10.5 Å². The van der Waals surface area contributed by atoms with Gasteiger partial charge in [-0.15, -0.1) is 16.5 Å². The van der Waals surface area contributed by atoms with Gasteiger partial charge in [0.2, 0.25) is 0 Å². The highest BCUT2D eigenvalue weighted by Crippen LogP contribution is 2.12. The lowest BCUT2D eigenvalue weighted by molar-refractivity contribution is 0.551. The minimum Gasteiger partial charge on any atom is -0.194 e. The first kappa shape index (κ1) is 9.54. The third-order valence-corrected chi connectivity index (χ3v) is 2.21. The van der Waals surface area contributed by atoms with Crippen LogP contribution in [0.3, 0.4) is 0 Å². The molecule has 0 saturated carbocycles. The van der Waals surface area contributed by atoms with Crippen molar-refractivity contribution in [2.75, 3.05) is 0 Å². The van der Waals surface area contributed by atoms with E-state index in [0.717, 1.165) is 0 Å². The average Bonchev–Trinajstić information content (AvgIpc) is 1.82. The van der Waals surface area contributed by atoms with E-state index >= 15 is 0 Å². The van der Waals surface area contributed by atoms with E-state index in [-0.39, 0.29) is 0 Å². The Morgan fingerprint density at radius 1 is 1.42 bits per heavy atom. The molecule has 0 radical (unpaired) electrons. The molecule has 0 saturated heterocycles. The van der Waals surface area contributed by atoms with Crippen LogP contribution in [0.25, 0.3) is 0 Å². The predicted molar refractivity (Wildman–Crippen MR) is 47.4 cm³/mol. The van der Waals surface area contributed by atoms with Crippen molar-refractivity contribution < 1.29 is 12.3 Å². The van der Waals surface area contributed by atoms with Crippen molar-refractivity contribution in [1.82, 2.24) is 0 Å². The van der Waals surface area contributed by atoms with Crippen molar-refractivity contribution in [1.29, 1.82) is 0 Å². The van der Waals surface area contributed by atoms with Crippen LogP contribution >= 0.6 is 12.6 Å². The molecule has 0 fully saturated rings. The first-order valence-electron chi connectivity index (χ1n) is 3.17. The van der Waals surface area contributed by atoms with Gasteiger partial charge in [-0.1, -0.05) is 12.1 Å². The summed E-state index contributed by atoms with van der Waals surface area (Å²) in [5.74, 6) is -0.582. The molecule has 0 aliphatic rings. The fourth-order valence-electron chi connectivity index (χ4n) is 0.845. The molecule has 0 aliphatic heterocycles. The van der Waals surface area contributed by atoms with Gasteiger partial charge in [-0.3, -0.25) is 0 Å². The summed E-state index contributed by atoms with van der Waals surface area (Å²) >= 11 is 3.99. The third-order valence-electron chi connectivity index (χ3n) is 1.25. The molecule has 1 aromatic rings. The van der Waals surface area contributed by atoms with E-state index in [1.807, 2.05) is 0 Å². The molecule has 0 heterocycles. The number of rotatable bonds is 2. The quantitative estimate of drug-likeness (QED) is 0.591. The van der Waals surface area contributed by atoms with Gasteiger partial charge in [-0.05, 0) is 17.7 Å². The Labute approximate surface area is 76.0 Å². The molecule has 0 bridgehead atoms. The first-order chi connectivity index (χ1) is 5.47. The maximum absolute atomic E-state index is 12.2. The molecule has 5 heteroatoms. The molecule has 0 N–H and O–H groups in total. The predicted octanol–water partition coefficient (Wildman–Crippen LogP) is 1.77. The van der Waals surface area contributed by atoms with Gasteiger partial charge in [0.1, 0.15) is 5.75 Å². The summed E-state index contributed by atoms with van der Waals surface area (Å²) in [4.78, 5) is 0.621. The molecule has 12 heavy (non-hydrogen) atoms. The molecule has 1 aromatic carbocycles. The van der Waals surface area contributed by atoms with Gasteiger partial charge in [-0.25, -0.2) is 0 Å². The summed E-state index contributed by atoms with van der Waals surface area (Å²) in [6, 6.07) is 6.37. The minimum absolute atomic E-state index is 0.407. The lowest BCUT2D eigenvalue weighted by Gasteiger charge is -1.96. The highest BCUT2D eigenvalue weighted by Gasteiger charge is 2.07. The second-order valence-corrected chi connectivity index (χ2v) is 4.24. The summed E-state index contributed by atoms with van der Waals surface area (Å²) < 4.78 is 32.6. The fraction of sp³-hybridized carbons (Fsp3) is 0.143. The van der Waals surface area contributed by atoms with Crippen molar-refractivity contribution in [3.05, 3.63) is 29.8 Å². The Kier molecular flexibility index (Phi) is 2.74. The normalized spacial score (nSPS) is 11.5. The van der Waals surface area contributed by atoms with Gasteiger partial charge in [0.25, 0.3) is 0 Å². The molecule has 0 spiro atoms. The van der Waals surface area contributed by atoms with E-state index in [1.54, 1.807) is 12.1 Å². The highest BCUT2D eigenvalue weighted by atomic mass is 32.3. The molecule has 0 amide bonds. The summed E-state index contributed by atoms with van der Waals surface area (Å²) in [6.45, 7) is 0. The Balaban J connectivity index is 2.91. The fourth-order valence-corrected chi connectivity index (χ4v) is 1.67. The molecule has 0 aromatic heterocycles. The van der Waals surface area contributed by atoms with Gasteiger partial charge in [0.15, 0.2) is 0 Å². The Morgan fingerprint density at radius 2 is 2.08 bits per heavy atom. The van der Waals surface area contributed by atoms with Crippen LogP contribution in [-0.2, 0) is 16.0 Å². The van der Waals surface area contributed by atoms with Crippen molar-refractivity contribution in [2.24, 2.45) is 0 Å². The summed E-state index contributed by atoms with van der Waals surface area (Å²) in [6.07, 6.45) is 0. The van der Waals surface area contributed by atoms with Crippen LogP contribution in [0.1, 0.15) is 5.56 Å². The van der Waals surface area contributed by atoms with Gasteiger partial charge in [0.05, 0.1) is 0 Å². The smallest absolute Gasteiger partial charge is 0.194 e. The Hall–Kier alpha value is -0.550. The zero-order valence-electron chi connectivity index (χ0n) is 6.07. The van der Waals surface area contributed by atoms with Crippen LogP contribution in [0.4, 0.5) is 3.89 Å². The van der Waals surface area contributed by atoms with Crippen molar-refractivity contribution >= 4 is 22.9 Å². The minimum atomic E-state index is -4.43. The molecule has 2 nitrogen and oxygen atoms in total. The summed E-state index contributed by atoms with van der Waals surface area (Å²) in [7, 11) is -4.43. The number of hydrogen-bond acceptors (Lipinski definition) is 3. The second-order valence-electron chi connectivity index (χ2n) is 2.35. The third kappa shape index (κ3) is 3.23. The van der Waals surface area contributed by atoms with Gasteiger partial charge in [0, 0.05) is 4.90 Å². The molecular formula is C7H7FO2S2. The van der Waals surface area contributed by atoms with Gasteiger partial charge in [-0.2, -0.15) is 8.42 Å². The SMILES string of the molecule is O=S(=O)(F)Cc1cccc(S)c1. The lowest BCUT2D eigenvalue weighted by atomic mass is 10.2. The molecule has 66 valence electrons. The maximum atomic E-state index is 12.2.